The van der Waals surface area contributed by atoms with Gasteiger partial charge in [0.2, 0.25) is 0 Å². The minimum absolute atomic E-state index is 0.218. The Bertz CT molecular complexity index is 583. The summed E-state index contributed by atoms with van der Waals surface area (Å²) in [5.74, 6) is -0.218. The SMILES string of the molecule is CN(Cc1ccc(OC(F)(F)F)cc1)Cc1cnc(N)s1. The molecule has 0 unspecified atom stereocenters. The molecule has 0 atom stereocenters. The summed E-state index contributed by atoms with van der Waals surface area (Å²) in [6.45, 7) is 1.28. The number of anilines is 1. The Morgan fingerprint density at radius 2 is 1.90 bits per heavy atom. The van der Waals surface area contributed by atoms with E-state index in [9.17, 15) is 13.2 Å². The number of benzene rings is 1. The molecule has 0 radical (unpaired) electrons. The van der Waals surface area contributed by atoms with Gasteiger partial charge >= 0.3 is 6.36 Å². The van der Waals surface area contributed by atoms with E-state index >= 15 is 0 Å². The van der Waals surface area contributed by atoms with Crippen LogP contribution in [0.2, 0.25) is 0 Å². The summed E-state index contributed by atoms with van der Waals surface area (Å²) in [6, 6.07) is 5.83. The molecule has 114 valence electrons. The Morgan fingerprint density at radius 1 is 1.24 bits per heavy atom. The second-order valence-electron chi connectivity index (χ2n) is 4.53. The number of hydrogen-bond acceptors (Lipinski definition) is 5. The Balaban J connectivity index is 1.90. The number of thiazole rings is 1. The maximum atomic E-state index is 12.1. The predicted octanol–water partition coefficient (Wildman–Crippen LogP) is 3.26. The third-order valence-electron chi connectivity index (χ3n) is 2.61. The van der Waals surface area contributed by atoms with E-state index in [1.165, 1.54) is 23.5 Å². The van der Waals surface area contributed by atoms with Crippen molar-refractivity contribution in [3.05, 3.63) is 40.9 Å². The van der Waals surface area contributed by atoms with Crippen LogP contribution in [0.1, 0.15) is 10.4 Å². The quantitative estimate of drug-likeness (QED) is 0.919. The highest BCUT2D eigenvalue weighted by atomic mass is 32.1. The molecule has 8 heteroatoms. The summed E-state index contributed by atoms with van der Waals surface area (Å²) >= 11 is 1.42. The normalized spacial score (nSPS) is 11.9. The molecule has 0 spiro atoms. The first-order chi connectivity index (χ1) is 9.82. The number of hydrogen-bond donors (Lipinski definition) is 1. The minimum Gasteiger partial charge on any atom is -0.406 e. The molecular formula is C13H14F3N3OS. The summed E-state index contributed by atoms with van der Waals surface area (Å²) in [4.78, 5) is 7.02. The molecule has 0 aliphatic carbocycles. The number of nitrogen functional groups attached to an aromatic ring is 1. The first-order valence-electron chi connectivity index (χ1n) is 6.05. The van der Waals surface area contributed by atoms with Crippen molar-refractivity contribution in [2.24, 2.45) is 0 Å². The molecule has 0 saturated heterocycles. The molecule has 21 heavy (non-hydrogen) atoms. The van der Waals surface area contributed by atoms with Gasteiger partial charge in [0.05, 0.1) is 0 Å². The number of rotatable bonds is 5. The van der Waals surface area contributed by atoms with Crippen molar-refractivity contribution in [1.82, 2.24) is 9.88 Å². The first kappa shape index (κ1) is 15.6. The highest BCUT2D eigenvalue weighted by Gasteiger charge is 2.30. The highest BCUT2D eigenvalue weighted by Crippen LogP contribution is 2.23. The summed E-state index contributed by atoms with van der Waals surface area (Å²) < 4.78 is 40.0. The standard InChI is InChI=1S/C13H14F3N3OS/c1-19(8-11-6-18-12(17)21-11)7-9-2-4-10(5-3-9)20-13(14,15)16/h2-6H,7-8H2,1H3,(H2,17,18). The molecule has 0 fully saturated rings. The maximum Gasteiger partial charge on any atom is 0.573 e. The van der Waals surface area contributed by atoms with Crippen molar-refractivity contribution in [2.75, 3.05) is 12.8 Å². The van der Waals surface area contributed by atoms with Crippen molar-refractivity contribution in [3.8, 4) is 5.75 Å². The van der Waals surface area contributed by atoms with E-state index in [1.54, 1.807) is 18.3 Å². The van der Waals surface area contributed by atoms with Crippen LogP contribution in [0.4, 0.5) is 18.3 Å². The Labute approximate surface area is 124 Å². The largest absolute Gasteiger partial charge is 0.573 e. The number of halogens is 3. The summed E-state index contributed by atoms with van der Waals surface area (Å²) in [5, 5.41) is 0.520. The fraction of sp³-hybridized carbons (Fsp3) is 0.308. The van der Waals surface area contributed by atoms with Gasteiger partial charge in [0.15, 0.2) is 5.13 Å². The molecule has 0 bridgehead atoms. The smallest absolute Gasteiger partial charge is 0.406 e. The van der Waals surface area contributed by atoms with Crippen molar-refractivity contribution in [2.45, 2.75) is 19.5 Å². The fourth-order valence-electron chi connectivity index (χ4n) is 1.83. The zero-order valence-electron chi connectivity index (χ0n) is 11.2. The topological polar surface area (TPSA) is 51.4 Å². The molecule has 0 saturated carbocycles. The van der Waals surface area contributed by atoms with Gasteiger partial charge < -0.3 is 10.5 Å². The molecular weight excluding hydrogens is 303 g/mol. The predicted molar refractivity (Wildman–Crippen MR) is 74.8 cm³/mol. The van der Waals surface area contributed by atoms with Crippen molar-refractivity contribution < 1.29 is 17.9 Å². The van der Waals surface area contributed by atoms with Gasteiger partial charge in [-0.15, -0.1) is 24.5 Å². The molecule has 0 amide bonds. The van der Waals surface area contributed by atoms with Crippen molar-refractivity contribution >= 4 is 16.5 Å². The van der Waals surface area contributed by atoms with Crippen LogP contribution in [0.3, 0.4) is 0 Å². The van der Waals surface area contributed by atoms with Crippen LogP contribution >= 0.6 is 11.3 Å². The number of ether oxygens (including phenoxy) is 1. The maximum absolute atomic E-state index is 12.1. The van der Waals surface area contributed by atoms with Gasteiger partial charge in [-0.05, 0) is 24.7 Å². The van der Waals surface area contributed by atoms with Gasteiger partial charge in [0, 0.05) is 24.2 Å². The lowest BCUT2D eigenvalue weighted by molar-refractivity contribution is -0.274. The summed E-state index contributed by atoms with van der Waals surface area (Å²) in [5.41, 5.74) is 6.45. The second kappa shape index (κ2) is 6.31. The molecule has 1 heterocycles. The molecule has 1 aromatic heterocycles. The van der Waals surface area contributed by atoms with Crippen LogP contribution in [0.25, 0.3) is 0 Å². The van der Waals surface area contributed by atoms with Crippen LogP contribution in [0, 0.1) is 0 Å². The lowest BCUT2D eigenvalue weighted by atomic mass is 10.2. The number of alkyl halides is 3. The average Bonchev–Trinajstić information content (AvgIpc) is 2.75. The minimum atomic E-state index is -4.66. The first-order valence-corrected chi connectivity index (χ1v) is 6.87. The van der Waals surface area contributed by atoms with Crippen molar-refractivity contribution in [3.63, 3.8) is 0 Å². The third-order valence-corrected chi connectivity index (χ3v) is 3.42. The number of aromatic nitrogens is 1. The lowest BCUT2D eigenvalue weighted by Gasteiger charge is -2.16. The molecule has 2 rings (SSSR count). The van der Waals surface area contributed by atoms with Gasteiger partial charge in [-0.3, -0.25) is 4.90 Å². The Morgan fingerprint density at radius 3 is 2.43 bits per heavy atom. The van der Waals surface area contributed by atoms with Gasteiger partial charge in [0.1, 0.15) is 5.75 Å². The average molecular weight is 317 g/mol. The Hall–Kier alpha value is -1.80. The molecule has 4 nitrogen and oxygen atoms in total. The molecule has 1 aromatic carbocycles. The van der Waals surface area contributed by atoms with Gasteiger partial charge in [-0.2, -0.15) is 0 Å². The van der Waals surface area contributed by atoms with Crippen molar-refractivity contribution in [1.29, 1.82) is 0 Å². The van der Waals surface area contributed by atoms with E-state index in [2.05, 4.69) is 9.72 Å². The lowest BCUT2D eigenvalue weighted by Crippen LogP contribution is -2.18. The Kier molecular flexibility index (Phi) is 4.69. The molecule has 2 aromatic rings. The van der Waals surface area contributed by atoms with Gasteiger partial charge in [-0.1, -0.05) is 12.1 Å². The number of nitrogens with zero attached hydrogens (tertiary/aromatic N) is 2. The van der Waals surface area contributed by atoms with Crippen LogP contribution in [-0.4, -0.2) is 23.3 Å². The molecule has 2 N–H and O–H groups in total. The van der Waals surface area contributed by atoms with Gasteiger partial charge in [-0.25, -0.2) is 4.98 Å². The highest BCUT2D eigenvalue weighted by molar-refractivity contribution is 7.15. The van der Waals surface area contributed by atoms with Crippen LogP contribution < -0.4 is 10.5 Å². The summed E-state index contributed by atoms with van der Waals surface area (Å²) in [7, 11) is 1.91. The van der Waals surface area contributed by atoms with Gasteiger partial charge in [0.25, 0.3) is 0 Å². The molecule has 0 aliphatic rings. The monoisotopic (exact) mass is 317 g/mol. The number of nitrogens with two attached hydrogens (primary N) is 1. The van der Waals surface area contributed by atoms with E-state index in [1.807, 2.05) is 11.9 Å². The zero-order chi connectivity index (χ0) is 15.5. The van der Waals surface area contributed by atoms with E-state index in [0.29, 0.717) is 18.2 Å². The van der Waals surface area contributed by atoms with E-state index in [-0.39, 0.29) is 5.75 Å². The van der Waals surface area contributed by atoms with Crippen LogP contribution in [0.5, 0.6) is 5.75 Å². The van der Waals surface area contributed by atoms with Crippen LogP contribution in [0.15, 0.2) is 30.5 Å². The van der Waals surface area contributed by atoms with E-state index in [4.69, 9.17) is 5.73 Å². The zero-order valence-corrected chi connectivity index (χ0v) is 12.0. The summed E-state index contributed by atoms with van der Waals surface area (Å²) in [6.07, 6.45) is -2.94. The van der Waals surface area contributed by atoms with E-state index in [0.717, 1.165) is 10.4 Å². The van der Waals surface area contributed by atoms with Crippen LogP contribution in [-0.2, 0) is 13.1 Å². The fourth-order valence-corrected chi connectivity index (χ4v) is 2.59. The third kappa shape index (κ3) is 5.24. The second-order valence-corrected chi connectivity index (χ2v) is 5.68. The van der Waals surface area contributed by atoms with E-state index < -0.39 is 6.36 Å². The molecule has 0 aliphatic heterocycles.